The van der Waals surface area contributed by atoms with Crippen LogP contribution in [0.15, 0.2) is 5.03 Å². The fraction of sp³-hybridized carbons (Fsp3) is 0.727. The number of aromatic nitrogens is 2. The van der Waals surface area contributed by atoms with Crippen LogP contribution in [0.5, 0.6) is 0 Å². The molecule has 0 saturated carbocycles. The van der Waals surface area contributed by atoms with E-state index in [1.54, 1.807) is 6.92 Å². The average molecular weight is 306 g/mol. The summed E-state index contributed by atoms with van der Waals surface area (Å²) in [4.78, 5) is 0. The highest BCUT2D eigenvalue weighted by Crippen LogP contribution is 2.30. The molecule has 2 unspecified atom stereocenters. The number of morpholine rings is 1. The lowest BCUT2D eigenvalue weighted by atomic mass is 10.2. The second-order valence-corrected chi connectivity index (χ2v) is 7.17. The van der Waals surface area contributed by atoms with Crippen molar-refractivity contribution in [3.05, 3.63) is 11.3 Å². The quantitative estimate of drug-likeness (QED) is 0.846. The van der Waals surface area contributed by atoms with Gasteiger partial charge in [0.2, 0.25) is 0 Å². The van der Waals surface area contributed by atoms with Crippen molar-refractivity contribution >= 4 is 21.6 Å². The van der Waals surface area contributed by atoms with E-state index >= 15 is 0 Å². The van der Waals surface area contributed by atoms with Gasteiger partial charge in [-0.05, 0) is 19.8 Å². The van der Waals surface area contributed by atoms with Gasteiger partial charge in [0.25, 0.3) is 10.0 Å². The first-order valence-electron chi connectivity index (χ1n) is 6.27. The molecule has 2 atom stereocenters. The van der Waals surface area contributed by atoms with E-state index in [9.17, 15) is 8.42 Å². The van der Waals surface area contributed by atoms with Gasteiger partial charge in [-0.3, -0.25) is 5.10 Å². The van der Waals surface area contributed by atoms with Crippen molar-refractivity contribution in [2.24, 2.45) is 0 Å². The maximum Gasteiger partial charge on any atom is 0.262 e. The summed E-state index contributed by atoms with van der Waals surface area (Å²) in [6.45, 7) is 2.59. The van der Waals surface area contributed by atoms with E-state index in [4.69, 9.17) is 16.3 Å². The van der Waals surface area contributed by atoms with Crippen molar-refractivity contribution in [3.8, 4) is 0 Å². The molecule has 0 aromatic carbocycles. The lowest BCUT2D eigenvalue weighted by Crippen LogP contribution is -2.46. The Labute approximate surface area is 117 Å². The Bertz CT molecular complexity index is 574. The van der Waals surface area contributed by atoms with Gasteiger partial charge in [-0.25, -0.2) is 8.42 Å². The standard InChI is InChI=1S/C11H16ClN3O3S/c1-7-10(4-12)11(14-13-7)19(16,17)15-5-8-2-3-9(6-15)18-8/h8-9H,2-6H2,1H3,(H,13,14). The van der Waals surface area contributed by atoms with Crippen molar-refractivity contribution in [1.82, 2.24) is 14.5 Å². The number of halogens is 1. The van der Waals surface area contributed by atoms with Crippen LogP contribution in [0.2, 0.25) is 0 Å². The van der Waals surface area contributed by atoms with Crippen molar-refractivity contribution in [1.29, 1.82) is 0 Å². The minimum absolute atomic E-state index is 0.0213. The van der Waals surface area contributed by atoms with Crippen LogP contribution < -0.4 is 0 Å². The van der Waals surface area contributed by atoms with E-state index in [2.05, 4.69) is 10.2 Å². The number of aromatic amines is 1. The summed E-state index contributed by atoms with van der Waals surface area (Å²) in [6, 6.07) is 0. The molecule has 106 valence electrons. The number of ether oxygens (including phenoxy) is 1. The number of rotatable bonds is 3. The summed E-state index contributed by atoms with van der Waals surface area (Å²) in [5, 5.41) is 6.68. The van der Waals surface area contributed by atoms with Gasteiger partial charge in [0.1, 0.15) is 0 Å². The van der Waals surface area contributed by atoms with Crippen molar-refractivity contribution < 1.29 is 13.2 Å². The zero-order valence-corrected chi connectivity index (χ0v) is 12.2. The van der Waals surface area contributed by atoms with Gasteiger partial charge in [0.05, 0.1) is 18.1 Å². The van der Waals surface area contributed by atoms with Gasteiger partial charge in [-0.1, -0.05) is 0 Å². The number of alkyl halides is 1. The average Bonchev–Trinajstić information content (AvgIpc) is 2.92. The Hall–Kier alpha value is -0.630. The Morgan fingerprint density at radius 2 is 2.05 bits per heavy atom. The smallest absolute Gasteiger partial charge is 0.262 e. The first-order valence-corrected chi connectivity index (χ1v) is 8.25. The summed E-state index contributed by atoms with van der Waals surface area (Å²) in [6.07, 6.45) is 1.90. The second kappa shape index (κ2) is 4.73. The Balaban J connectivity index is 1.94. The molecule has 8 heteroatoms. The summed E-state index contributed by atoms with van der Waals surface area (Å²) in [7, 11) is -3.58. The van der Waals surface area contributed by atoms with Crippen LogP contribution in [0.3, 0.4) is 0 Å². The molecule has 3 rings (SSSR count). The van der Waals surface area contributed by atoms with Crippen LogP contribution in [0.25, 0.3) is 0 Å². The van der Waals surface area contributed by atoms with Crippen LogP contribution in [-0.2, 0) is 20.6 Å². The molecule has 2 saturated heterocycles. The molecule has 1 N–H and O–H groups in total. The normalized spacial score (nSPS) is 27.9. The molecule has 2 fully saturated rings. The highest BCUT2D eigenvalue weighted by Gasteiger charge is 2.41. The van der Waals surface area contributed by atoms with Crippen LogP contribution in [0.1, 0.15) is 24.1 Å². The predicted molar refractivity (Wildman–Crippen MR) is 69.5 cm³/mol. The summed E-state index contributed by atoms with van der Waals surface area (Å²) in [5.41, 5.74) is 1.25. The lowest BCUT2D eigenvalue weighted by Gasteiger charge is -2.30. The zero-order chi connectivity index (χ0) is 13.6. The Morgan fingerprint density at radius 3 is 2.63 bits per heavy atom. The van der Waals surface area contributed by atoms with Gasteiger partial charge in [0.15, 0.2) is 5.03 Å². The third-order valence-corrected chi connectivity index (χ3v) is 5.84. The molecular weight excluding hydrogens is 290 g/mol. The number of H-pyrrole nitrogens is 1. The number of aryl methyl sites for hydroxylation is 1. The molecule has 1 aromatic heterocycles. The van der Waals surface area contributed by atoms with E-state index in [-0.39, 0.29) is 23.1 Å². The van der Waals surface area contributed by atoms with E-state index in [0.717, 1.165) is 12.8 Å². The van der Waals surface area contributed by atoms with E-state index in [1.165, 1.54) is 4.31 Å². The number of hydrogen-bond donors (Lipinski definition) is 1. The molecule has 0 radical (unpaired) electrons. The van der Waals surface area contributed by atoms with E-state index < -0.39 is 10.0 Å². The van der Waals surface area contributed by atoms with E-state index in [1.807, 2.05) is 0 Å². The summed E-state index contributed by atoms with van der Waals surface area (Å²) >= 11 is 5.83. The fourth-order valence-corrected chi connectivity index (χ4v) is 4.77. The molecular formula is C11H16ClN3O3S. The summed E-state index contributed by atoms with van der Waals surface area (Å²) < 4.78 is 32.4. The zero-order valence-electron chi connectivity index (χ0n) is 10.6. The van der Waals surface area contributed by atoms with Crippen molar-refractivity contribution in [2.75, 3.05) is 13.1 Å². The number of sulfonamides is 1. The topological polar surface area (TPSA) is 75.3 Å². The number of fused-ring (bicyclic) bond motifs is 2. The van der Waals surface area contributed by atoms with Crippen LogP contribution in [0.4, 0.5) is 0 Å². The van der Waals surface area contributed by atoms with Crippen LogP contribution in [-0.4, -0.2) is 48.2 Å². The van der Waals surface area contributed by atoms with E-state index in [0.29, 0.717) is 24.3 Å². The molecule has 2 aliphatic rings. The SMILES string of the molecule is Cc1[nH]nc(S(=O)(=O)N2CC3CCC(C2)O3)c1CCl. The van der Waals surface area contributed by atoms with Gasteiger partial charge >= 0.3 is 0 Å². The van der Waals surface area contributed by atoms with Gasteiger partial charge in [-0.15, -0.1) is 11.6 Å². The molecule has 0 amide bonds. The van der Waals surface area contributed by atoms with Gasteiger partial charge < -0.3 is 4.74 Å². The molecule has 0 spiro atoms. The molecule has 2 aliphatic heterocycles. The Kier molecular flexibility index (Phi) is 3.33. The molecule has 6 nitrogen and oxygen atoms in total. The Morgan fingerprint density at radius 1 is 1.42 bits per heavy atom. The molecule has 19 heavy (non-hydrogen) atoms. The largest absolute Gasteiger partial charge is 0.372 e. The van der Waals surface area contributed by atoms with Crippen LogP contribution >= 0.6 is 11.6 Å². The first kappa shape index (κ1) is 13.4. The monoisotopic (exact) mass is 305 g/mol. The van der Waals surface area contributed by atoms with Crippen molar-refractivity contribution in [3.63, 3.8) is 0 Å². The third kappa shape index (κ3) is 2.18. The second-order valence-electron chi connectivity index (χ2n) is 5.05. The highest BCUT2D eigenvalue weighted by molar-refractivity contribution is 7.89. The third-order valence-electron chi connectivity index (χ3n) is 3.76. The minimum atomic E-state index is -3.58. The first-order chi connectivity index (χ1) is 9.02. The predicted octanol–water partition coefficient (Wildman–Crippen LogP) is 1.01. The lowest BCUT2D eigenvalue weighted by molar-refractivity contribution is -0.0115. The fourth-order valence-electron chi connectivity index (χ4n) is 2.70. The molecule has 3 heterocycles. The number of nitrogens with zero attached hydrogens (tertiary/aromatic N) is 2. The van der Waals surface area contributed by atoms with Crippen molar-refractivity contribution in [2.45, 2.75) is 42.9 Å². The maximum atomic E-state index is 12.6. The maximum absolute atomic E-state index is 12.6. The number of hydrogen-bond acceptors (Lipinski definition) is 4. The number of nitrogens with one attached hydrogen (secondary N) is 1. The molecule has 2 bridgehead atoms. The van der Waals surface area contributed by atoms with Crippen LogP contribution in [0, 0.1) is 6.92 Å². The summed E-state index contributed by atoms with van der Waals surface area (Å²) in [5.74, 6) is 0.133. The molecule has 1 aromatic rings. The van der Waals surface area contributed by atoms with Gasteiger partial charge in [-0.2, -0.15) is 9.40 Å². The minimum Gasteiger partial charge on any atom is -0.372 e. The van der Waals surface area contributed by atoms with Gasteiger partial charge in [0, 0.05) is 24.3 Å². The highest BCUT2D eigenvalue weighted by atomic mass is 35.5. The molecule has 0 aliphatic carbocycles.